The van der Waals surface area contributed by atoms with Crippen molar-refractivity contribution in [3.8, 4) is 0 Å². The number of fused-ring (bicyclic) bond motifs is 1. The minimum atomic E-state index is -0.00375. The van der Waals surface area contributed by atoms with Crippen molar-refractivity contribution in [1.29, 1.82) is 0 Å². The maximum Gasteiger partial charge on any atom is 0.309 e. The third-order valence-electron chi connectivity index (χ3n) is 4.40. The Balaban J connectivity index is 2.16. The first-order chi connectivity index (χ1) is 8.08. The molecule has 0 saturated carbocycles. The van der Waals surface area contributed by atoms with Gasteiger partial charge in [0.15, 0.2) is 0 Å². The van der Waals surface area contributed by atoms with Crippen LogP contribution in [0.5, 0.6) is 0 Å². The van der Waals surface area contributed by atoms with Gasteiger partial charge in [0.2, 0.25) is 0 Å². The van der Waals surface area contributed by atoms with Crippen LogP contribution in [-0.4, -0.2) is 12.1 Å². The van der Waals surface area contributed by atoms with Gasteiger partial charge in [-0.3, -0.25) is 4.79 Å². The predicted octanol–water partition coefficient (Wildman–Crippen LogP) is 3.71. The first kappa shape index (κ1) is 12.7. The van der Waals surface area contributed by atoms with Gasteiger partial charge < -0.3 is 4.74 Å². The number of ether oxygens (including phenoxy) is 1. The average molecular weight is 236 g/mol. The van der Waals surface area contributed by atoms with E-state index >= 15 is 0 Å². The molecule has 0 aromatic rings. The molecular formula is C15H24O2. The molecule has 0 aromatic heterocycles. The second-order valence-corrected chi connectivity index (χ2v) is 5.94. The molecule has 0 aromatic carbocycles. The maximum absolute atomic E-state index is 11.7. The van der Waals surface area contributed by atoms with E-state index in [1.54, 1.807) is 0 Å². The molecule has 1 fully saturated rings. The van der Waals surface area contributed by atoms with Crippen LogP contribution in [-0.2, 0) is 9.53 Å². The number of hydrogen-bond donors (Lipinski definition) is 0. The smallest absolute Gasteiger partial charge is 0.309 e. The first-order valence-corrected chi connectivity index (χ1v) is 6.95. The molecule has 2 aliphatic rings. The molecule has 2 nitrogen and oxygen atoms in total. The zero-order valence-corrected chi connectivity index (χ0v) is 11.2. The normalized spacial score (nSPS) is 42.3. The van der Waals surface area contributed by atoms with E-state index in [9.17, 15) is 4.79 Å². The van der Waals surface area contributed by atoms with E-state index in [1.165, 1.54) is 24.8 Å². The Bertz CT molecular complexity index is 319. The second-order valence-electron chi connectivity index (χ2n) is 5.94. The van der Waals surface area contributed by atoms with Crippen molar-refractivity contribution in [2.45, 2.75) is 59.0 Å². The Morgan fingerprint density at radius 2 is 2.00 bits per heavy atom. The summed E-state index contributed by atoms with van der Waals surface area (Å²) in [6, 6.07) is 0. The number of rotatable bonds is 0. The summed E-state index contributed by atoms with van der Waals surface area (Å²) in [5.41, 5.74) is 1.39. The van der Waals surface area contributed by atoms with Crippen molar-refractivity contribution < 1.29 is 9.53 Å². The van der Waals surface area contributed by atoms with Crippen molar-refractivity contribution in [2.24, 2.45) is 17.8 Å². The molecular weight excluding hydrogens is 212 g/mol. The minimum Gasteiger partial charge on any atom is -0.458 e. The van der Waals surface area contributed by atoms with E-state index in [2.05, 4.69) is 19.9 Å². The Morgan fingerprint density at radius 3 is 2.76 bits per heavy atom. The second kappa shape index (κ2) is 5.24. The highest BCUT2D eigenvalue weighted by Crippen LogP contribution is 2.35. The molecule has 1 heterocycles. The van der Waals surface area contributed by atoms with Gasteiger partial charge in [0.05, 0.1) is 5.92 Å². The van der Waals surface area contributed by atoms with Crippen molar-refractivity contribution in [1.82, 2.24) is 0 Å². The molecule has 1 aliphatic carbocycles. The Labute approximate surface area is 104 Å². The summed E-state index contributed by atoms with van der Waals surface area (Å²) < 4.78 is 5.50. The van der Waals surface area contributed by atoms with Crippen LogP contribution in [0.4, 0.5) is 0 Å². The van der Waals surface area contributed by atoms with Crippen LogP contribution in [0.15, 0.2) is 11.6 Å². The van der Waals surface area contributed by atoms with Gasteiger partial charge >= 0.3 is 5.97 Å². The molecule has 2 heteroatoms. The fourth-order valence-electron chi connectivity index (χ4n) is 3.07. The van der Waals surface area contributed by atoms with Crippen LogP contribution in [0.2, 0.25) is 0 Å². The topological polar surface area (TPSA) is 26.3 Å². The van der Waals surface area contributed by atoms with Gasteiger partial charge in [0.1, 0.15) is 6.10 Å². The molecule has 1 saturated heterocycles. The average Bonchev–Trinajstić information content (AvgIpc) is 2.52. The van der Waals surface area contributed by atoms with Gasteiger partial charge in [-0.05, 0) is 38.2 Å². The number of allylic oxidation sites excluding steroid dienone is 1. The van der Waals surface area contributed by atoms with Crippen LogP contribution >= 0.6 is 0 Å². The van der Waals surface area contributed by atoms with Crippen molar-refractivity contribution in [3.63, 3.8) is 0 Å². The monoisotopic (exact) mass is 236 g/mol. The molecule has 96 valence electrons. The number of carbonyl (C=O) groups is 1. The molecule has 2 rings (SSSR count). The first-order valence-electron chi connectivity index (χ1n) is 6.95. The highest BCUT2D eigenvalue weighted by molar-refractivity contribution is 5.75. The van der Waals surface area contributed by atoms with E-state index in [0.717, 1.165) is 18.8 Å². The van der Waals surface area contributed by atoms with Gasteiger partial charge in [-0.2, -0.15) is 0 Å². The summed E-state index contributed by atoms with van der Waals surface area (Å²) in [6.45, 7) is 6.52. The van der Waals surface area contributed by atoms with Crippen LogP contribution in [0.1, 0.15) is 52.9 Å². The molecule has 1 aliphatic heterocycles. The van der Waals surface area contributed by atoms with E-state index in [4.69, 9.17) is 4.74 Å². The van der Waals surface area contributed by atoms with Crippen molar-refractivity contribution >= 4 is 5.97 Å². The molecule has 0 unspecified atom stereocenters. The van der Waals surface area contributed by atoms with Crippen molar-refractivity contribution in [2.75, 3.05) is 0 Å². The number of esters is 1. The lowest BCUT2D eigenvalue weighted by Gasteiger charge is -2.21. The largest absolute Gasteiger partial charge is 0.458 e. The third-order valence-corrected chi connectivity index (χ3v) is 4.40. The fraction of sp³-hybridized carbons (Fsp3) is 0.800. The lowest BCUT2D eigenvalue weighted by molar-refractivity contribution is -0.142. The standard InChI is InChI=1S/C15H24O2/c1-10-5-4-6-11(2)9-14-13(8-7-10)12(3)15(16)17-14/h9-10,12-14H,4-8H2,1-3H3/b11-9-/t10-,12-,13-,14+/m0/s1. The summed E-state index contributed by atoms with van der Waals surface area (Å²) in [7, 11) is 0. The number of carbonyl (C=O) groups excluding carboxylic acids is 1. The summed E-state index contributed by atoms with van der Waals surface area (Å²) in [4.78, 5) is 11.7. The highest BCUT2D eigenvalue weighted by Gasteiger charge is 2.40. The van der Waals surface area contributed by atoms with Gasteiger partial charge in [-0.15, -0.1) is 0 Å². The van der Waals surface area contributed by atoms with E-state index in [1.807, 2.05) is 6.92 Å². The van der Waals surface area contributed by atoms with Crippen LogP contribution in [0, 0.1) is 17.8 Å². The molecule has 0 radical (unpaired) electrons. The lowest BCUT2D eigenvalue weighted by atomic mass is 9.82. The fourth-order valence-corrected chi connectivity index (χ4v) is 3.07. The highest BCUT2D eigenvalue weighted by atomic mass is 16.6. The molecule has 0 bridgehead atoms. The summed E-state index contributed by atoms with van der Waals surface area (Å²) in [5, 5.41) is 0. The van der Waals surface area contributed by atoms with Crippen LogP contribution in [0.3, 0.4) is 0 Å². The van der Waals surface area contributed by atoms with Gasteiger partial charge in [-0.1, -0.05) is 32.3 Å². The molecule has 4 atom stereocenters. The maximum atomic E-state index is 11.7. The zero-order chi connectivity index (χ0) is 12.4. The molecule has 17 heavy (non-hydrogen) atoms. The van der Waals surface area contributed by atoms with E-state index in [0.29, 0.717) is 5.92 Å². The Morgan fingerprint density at radius 1 is 1.24 bits per heavy atom. The van der Waals surface area contributed by atoms with Gasteiger partial charge in [0, 0.05) is 5.92 Å². The van der Waals surface area contributed by atoms with E-state index < -0.39 is 0 Å². The Hall–Kier alpha value is -0.790. The third kappa shape index (κ3) is 2.91. The lowest BCUT2D eigenvalue weighted by Crippen LogP contribution is -2.19. The van der Waals surface area contributed by atoms with Crippen LogP contribution in [0.25, 0.3) is 0 Å². The SMILES string of the molecule is C/C1=C/[C@H]2OC(=O)[C@@H](C)[C@@H]2CC[C@@H](C)CCC1. The summed E-state index contributed by atoms with van der Waals surface area (Å²) in [6.07, 6.45) is 8.33. The Kier molecular flexibility index (Phi) is 3.90. The zero-order valence-electron chi connectivity index (χ0n) is 11.2. The summed E-state index contributed by atoms with van der Waals surface area (Å²) in [5.74, 6) is 1.26. The van der Waals surface area contributed by atoms with Crippen molar-refractivity contribution in [3.05, 3.63) is 11.6 Å². The summed E-state index contributed by atoms with van der Waals surface area (Å²) >= 11 is 0. The van der Waals surface area contributed by atoms with Crippen LogP contribution < -0.4 is 0 Å². The van der Waals surface area contributed by atoms with Gasteiger partial charge in [0.25, 0.3) is 0 Å². The quantitative estimate of drug-likeness (QED) is 0.473. The minimum absolute atomic E-state index is 0.00375. The number of hydrogen-bond acceptors (Lipinski definition) is 2. The molecule has 0 amide bonds. The van der Waals surface area contributed by atoms with E-state index in [-0.39, 0.29) is 18.0 Å². The predicted molar refractivity (Wildman–Crippen MR) is 68.5 cm³/mol. The molecule has 0 N–H and O–H groups in total. The van der Waals surface area contributed by atoms with Gasteiger partial charge in [-0.25, -0.2) is 0 Å². The molecule has 0 spiro atoms.